The van der Waals surface area contributed by atoms with E-state index in [-0.39, 0.29) is 51.4 Å². The third kappa shape index (κ3) is 15.2. The van der Waals surface area contributed by atoms with Crippen molar-refractivity contribution in [2.45, 2.75) is 39.3 Å². The Bertz CT molecular complexity index is 1500. The smallest absolute Gasteiger partial charge is 0.262 e. The molecule has 52 heavy (non-hydrogen) atoms. The number of amides is 3. The standard InChI is InChI=1S/C34H40N5O8.C2H6.CH4S.W/c35-13-14-43-15-16-44-17-18-45-19-20-47-38-28-8-6-27(7-9-28)36-33(41)25-3-1-24(2-4-25)22-39(29-10-11-29)34(42)26-5-12-30-31(21-26)46-23-32(40)37-30;2*1-2;/h1-9,12,21,29H,10-11,13-20,22-23,35H2,(H,36,41)(H,37,40,42);1-2H3;2H,1H3;/q-1;;;. The molecule has 3 aromatic rings. The minimum Gasteiger partial charge on any atom is -0.562 e. The van der Waals surface area contributed by atoms with E-state index in [2.05, 4.69) is 28.7 Å². The van der Waals surface area contributed by atoms with Crippen LogP contribution in [0, 0.1) is 0 Å². The molecule has 13 nitrogen and oxygen atoms in total. The fraction of sp³-hybridized carbons (Fsp3) is 0.432. The van der Waals surface area contributed by atoms with E-state index in [4.69, 9.17) is 29.5 Å². The molecule has 15 heteroatoms. The maximum atomic E-state index is 13.4. The van der Waals surface area contributed by atoms with E-state index in [1.54, 1.807) is 60.9 Å². The van der Waals surface area contributed by atoms with Crippen molar-refractivity contribution in [3.63, 3.8) is 0 Å². The molecule has 0 aromatic heterocycles. The second-order valence-electron chi connectivity index (χ2n) is 11.0. The maximum Gasteiger partial charge on any atom is 0.262 e. The molecule has 0 saturated heterocycles. The number of thiol groups is 1. The molecule has 0 bridgehead atoms. The van der Waals surface area contributed by atoms with E-state index in [1.807, 2.05) is 30.9 Å². The fourth-order valence-corrected chi connectivity index (χ4v) is 4.74. The number of hydrogen-bond acceptors (Lipinski definition) is 10. The summed E-state index contributed by atoms with van der Waals surface area (Å²) in [6.45, 7) is 7.98. The van der Waals surface area contributed by atoms with Crippen LogP contribution >= 0.6 is 12.6 Å². The van der Waals surface area contributed by atoms with E-state index in [9.17, 15) is 14.4 Å². The molecular weight excluding hydrogens is 858 g/mol. The van der Waals surface area contributed by atoms with Crippen molar-refractivity contribution >= 4 is 47.4 Å². The van der Waals surface area contributed by atoms with Gasteiger partial charge in [0.2, 0.25) is 0 Å². The van der Waals surface area contributed by atoms with E-state index in [0.717, 1.165) is 18.4 Å². The van der Waals surface area contributed by atoms with Crippen LogP contribution in [0.2, 0.25) is 0 Å². The largest absolute Gasteiger partial charge is 0.562 e. The summed E-state index contributed by atoms with van der Waals surface area (Å²) in [5.74, 6) is -0.0902. The van der Waals surface area contributed by atoms with E-state index >= 15 is 0 Å². The molecule has 3 aromatic carbocycles. The summed E-state index contributed by atoms with van der Waals surface area (Å²) >= 11 is 3.53. The second-order valence-corrected chi connectivity index (χ2v) is 11.0. The number of rotatable bonds is 19. The summed E-state index contributed by atoms with van der Waals surface area (Å²) in [5, 5.41) is 5.63. The van der Waals surface area contributed by atoms with E-state index < -0.39 is 0 Å². The van der Waals surface area contributed by atoms with Crippen LogP contribution in [0.4, 0.5) is 17.1 Å². The normalized spacial score (nSPS) is 12.6. The van der Waals surface area contributed by atoms with Gasteiger partial charge in [-0.25, -0.2) is 0 Å². The van der Waals surface area contributed by atoms with E-state index in [0.29, 0.717) is 93.3 Å². The zero-order chi connectivity index (χ0) is 36.8. The molecule has 0 radical (unpaired) electrons. The van der Waals surface area contributed by atoms with Gasteiger partial charge in [-0.3, -0.25) is 14.4 Å². The first-order chi connectivity index (χ1) is 25.0. The van der Waals surface area contributed by atoms with Crippen LogP contribution in [0.1, 0.15) is 53.0 Å². The quantitative estimate of drug-likeness (QED) is 0.0683. The van der Waals surface area contributed by atoms with Crippen molar-refractivity contribution in [2.24, 2.45) is 5.73 Å². The number of nitrogens with two attached hydrogens (primary N) is 1. The van der Waals surface area contributed by atoms with Gasteiger partial charge in [-0.15, -0.1) is 5.69 Å². The Morgan fingerprint density at radius 2 is 1.48 bits per heavy atom. The summed E-state index contributed by atoms with van der Waals surface area (Å²) in [4.78, 5) is 45.0. The van der Waals surface area contributed by atoms with Crippen LogP contribution in [-0.4, -0.2) is 94.3 Å². The van der Waals surface area contributed by atoms with Crippen molar-refractivity contribution in [3.8, 4) is 5.75 Å². The molecule has 0 atom stereocenters. The molecule has 1 aliphatic heterocycles. The maximum absolute atomic E-state index is 13.4. The molecule has 284 valence electrons. The van der Waals surface area contributed by atoms with Gasteiger partial charge in [-0.1, -0.05) is 38.1 Å². The summed E-state index contributed by atoms with van der Waals surface area (Å²) in [6.07, 6.45) is 3.58. The Hall–Kier alpha value is -3.49. The van der Waals surface area contributed by atoms with E-state index in [1.165, 1.54) is 0 Å². The average molecular weight is 909 g/mol. The number of nitrogens with zero attached hydrogens (tertiary/aromatic N) is 2. The Morgan fingerprint density at radius 1 is 0.885 bits per heavy atom. The number of benzene rings is 3. The average Bonchev–Trinajstić information content (AvgIpc) is 4.02. The molecule has 1 heterocycles. The Kier molecular flexibility index (Phi) is 21.9. The Balaban J connectivity index is 0.00000181. The number of carbonyl (C=O) groups excluding carboxylic acids is 3. The predicted octanol–water partition coefficient (Wildman–Crippen LogP) is 5.59. The third-order valence-corrected chi connectivity index (χ3v) is 7.30. The first-order valence-corrected chi connectivity index (χ1v) is 18.0. The molecule has 1 saturated carbocycles. The minimum atomic E-state index is -0.252. The number of hydrogen-bond donors (Lipinski definition) is 4. The molecule has 3 amide bonds. The Labute approximate surface area is 326 Å². The first kappa shape index (κ1) is 44.7. The van der Waals surface area contributed by atoms with Gasteiger partial charge in [0, 0.05) is 57.0 Å². The van der Waals surface area contributed by atoms with Gasteiger partial charge in [0.25, 0.3) is 17.7 Å². The molecule has 0 spiro atoms. The van der Waals surface area contributed by atoms with Crippen molar-refractivity contribution in [1.82, 2.24) is 4.90 Å². The second kappa shape index (κ2) is 25.5. The van der Waals surface area contributed by atoms with Crippen molar-refractivity contribution < 1.29 is 59.2 Å². The summed E-state index contributed by atoms with van der Waals surface area (Å²) in [6, 6.07) is 19.4. The molecule has 1 aliphatic carbocycles. The third-order valence-electron chi connectivity index (χ3n) is 7.30. The van der Waals surface area contributed by atoms with Gasteiger partial charge in [0.15, 0.2) is 6.61 Å². The van der Waals surface area contributed by atoms with Crippen molar-refractivity contribution in [3.05, 3.63) is 88.9 Å². The van der Waals surface area contributed by atoms with Crippen LogP contribution < -0.4 is 21.1 Å². The first-order valence-electron chi connectivity index (χ1n) is 17.1. The van der Waals surface area contributed by atoms with Gasteiger partial charge >= 0.3 is 0 Å². The monoisotopic (exact) mass is 908 g/mol. The fourth-order valence-electron chi connectivity index (χ4n) is 4.74. The minimum absolute atomic E-state index is 0. The SMILES string of the molecule is CC.CS.NCCOCCOCCOCCO[N-]c1ccc(NC(=O)c2ccc(CN(C(=O)c3ccc4c(c3)OCC(=O)N4)C3CC3)cc2)cc1.[W]. The molecule has 1 fully saturated rings. The summed E-state index contributed by atoms with van der Waals surface area (Å²) < 4.78 is 21.5. The number of nitrogens with one attached hydrogen (secondary N) is 2. The van der Waals surface area contributed by atoms with Gasteiger partial charge < -0.3 is 50.5 Å². The summed E-state index contributed by atoms with van der Waals surface area (Å²) in [7, 11) is 0. The van der Waals surface area contributed by atoms with Crippen LogP contribution in [0.25, 0.3) is 5.48 Å². The van der Waals surface area contributed by atoms with Crippen molar-refractivity contribution in [2.75, 3.05) is 76.3 Å². The molecule has 5 rings (SSSR count). The van der Waals surface area contributed by atoms with Gasteiger partial charge in [-0.05, 0) is 67.1 Å². The molecular formula is C37H50N5O8SW-. The van der Waals surface area contributed by atoms with Gasteiger partial charge in [0.1, 0.15) is 5.75 Å². The molecule has 2 aliphatic rings. The number of fused-ring (bicyclic) bond motifs is 1. The number of carbonyl (C=O) groups is 3. The topological polar surface area (TPSA) is 165 Å². The van der Waals surface area contributed by atoms with Crippen molar-refractivity contribution in [1.29, 1.82) is 0 Å². The van der Waals surface area contributed by atoms with Crippen LogP contribution in [0.5, 0.6) is 5.75 Å². The number of anilines is 2. The van der Waals surface area contributed by atoms with Gasteiger partial charge in [0.05, 0.1) is 51.9 Å². The van der Waals surface area contributed by atoms with Crippen LogP contribution in [0.15, 0.2) is 66.7 Å². The van der Waals surface area contributed by atoms with Gasteiger partial charge in [-0.2, -0.15) is 12.6 Å². The van der Waals surface area contributed by atoms with Crippen LogP contribution in [0.3, 0.4) is 0 Å². The van der Waals surface area contributed by atoms with Crippen LogP contribution in [-0.2, 0) is 51.5 Å². The Morgan fingerprint density at radius 3 is 2.10 bits per heavy atom. The molecule has 4 N–H and O–H groups in total. The molecule has 0 unspecified atom stereocenters. The predicted molar refractivity (Wildman–Crippen MR) is 201 cm³/mol. The zero-order valence-electron chi connectivity index (χ0n) is 30.0. The zero-order valence-corrected chi connectivity index (χ0v) is 33.8. The number of ether oxygens (including phenoxy) is 4. The summed E-state index contributed by atoms with van der Waals surface area (Å²) in [5.41, 5.74) is 13.1.